The molecule has 128 valence electrons. The van der Waals surface area contributed by atoms with Crippen LogP contribution in [0.25, 0.3) is 0 Å². The van der Waals surface area contributed by atoms with E-state index in [2.05, 4.69) is 9.62 Å². The Labute approximate surface area is 148 Å². The Morgan fingerprint density at radius 3 is 2.29 bits per heavy atom. The van der Waals surface area contributed by atoms with Gasteiger partial charge in [0.15, 0.2) is 0 Å². The Hall–Kier alpha value is -1.66. The number of nitrogens with one attached hydrogen (secondary N) is 1. The predicted octanol–water partition coefficient (Wildman–Crippen LogP) is 4.20. The van der Waals surface area contributed by atoms with E-state index < -0.39 is 10.0 Å². The first-order valence-electron chi connectivity index (χ1n) is 8.11. The van der Waals surface area contributed by atoms with Crippen LogP contribution in [-0.2, 0) is 10.0 Å². The highest BCUT2D eigenvalue weighted by Crippen LogP contribution is 2.30. The molecule has 1 aliphatic heterocycles. The number of thioether (sulfide) groups is 1. The maximum absolute atomic E-state index is 12.7. The van der Waals surface area contributed by atoms with Crippen molar-refractivity contribution in [3.8, 4) is 0 Å². The van der Waals surface area contributed by atoms with Crippen molar-refractivity contribution in [1.29, 1.82) is 0 Å². The maximum Gasteiger partial charge on any atom is 0.261 e. The maximum atomic E-state index is 12.7. The average Bonchev–Trinajstić information content (AvgIpc) is 2.63. The lowest BCUT2D eigenvalue weighted by Crippen LogP contribution is -2.30. The van der Waals surface area contributed by atoms with Crippen molar-refractivity contribution in [2.45, 2.75) is 29.1 Å². The summed E-state index contributed by atoms with van der Waals surface area (Å²) in [4.78, 5) is 3.59. The summed E-state index contributed by atoms with van der Waals surface area (Å²) in [5.74, 6) is 0. The van der Waals surface area contributed by atoms with E-state index in [0.717, 1.165) is 36.5 Å². The number of piperidine rings is 1. The van der Waals surface area contributed by atoms with E-state index in [1.54, 1.807) is 23.9 Å². The molecule has 1 heterocycles. The molecule has 1 N–H and O–H groups in total. The third-order valence-electron chi connectivity index (χ3n) is 4.21. The number of nitrogens with zero attached hydrogens (tertiary/aromatic N) is 1. The van der Waals surface area contributed by atoms with Crippen LogP contribution in [0.15, 0.2) is 58.3 Å². The molecule has 0 amide bonds. The molecule has 1 aliphatic rings. The number of benzene rings is 2. The van der Waals surface area contributed by atoms with Gasteiger partial charge < -0.3 is 4.90 Å². The molecule has 2 aromatic carbocycles. The Morgan fingerprint density at radius 2 is 1.62 bits per heavy atom. The fraction of sp³-hybridized carbons (Fsp3) is 0.333. The van der Waals surface area contributed by atoms with Crippen LogP contribution in [0.4, 0.5) is 11.4 Å². The minimum Gasteiger partial charge on any atom is -0.370 e. The summed E-state index contributed by atoms with van der Waals surface area (Å²) in [5, 5.41) is 0. The van der Waals surface area contributed by atoms with Gasteiger partial charge in [0.2, 0.25) is 0 Å². The summed E-state index contributed by atoms with van der Waals surface area (Å²) in [6.07, 6.45) is 5.51. The van der Waals surface area contributed by atoms with E-state index in [-0.39, 0.29) is 4.90 Å². The van der Waals surface area contributed by atoms with Gasteiger partial charge in [0.05, 0.1) is 16.3 Å². The summed E-state index contributed by atoms with van der Waals surface area (Å²) in [6, 6.07) is 14.6. The molecule has 3 rings (SSSR count). The van der Waals surface area contributed by atoms with Crippen LogP contribution in [0.2, 0.25) is 0 Å². The first kappa shape index (κ1) is 17.2. The fourth-order valence-electron chi connectivity index (χ4n) is 2.93. The Bertz CT molecular complexity index is 783. The minimum atomic E-state index is -3.59. The van der Waals surface area contributed by atoms with Crippen LogP contribution in [0.1, 0.15) is 19.3 Å². The fourth-order valence-corrected chi connectivity index (χ4v) is 4.41. The Kier molecular flexibility index (Phi) is 5.36. The quantitative estimate of drug-likeness (QED) is 0.810. The van der Waals surface area contributed by atoms with E-state index in [1.165, 1.54) is 6.42 Å². The molecule has 0 aliphatic carbocycles. The van der Waals surface area contributed by atoms with E-state index in [1.807, 2.05) is 42.7 Å². The van der Waals surface area contributed by atoms with Gasteiger partial charge in [0.25, 0.3) is 10.0 Å². The molecule has 0 spiro atoms. The van der Waals surface area contributed by atoms with Gasteiger partial charge in [-0.2, -0.15) is 0 Å². The second-order valence-electron chi connectivity index (χ2n) is 5.85. The van der Waals surface area contributed by atoms with Gasteiger partial charge in [0, 0.05) is 18.0 Å². The van der Waals surface area contributed by atoms with Crippen molar-refractivity contribution in [3.63, 3.8) is 0 Å². The standard InChI is InChI=1S/C18H22N2O2S2/c1-23-15-9-11-16(12-10-15)24(21,22)19-17-7-3-4-8-18(17)20-13-5-2-6-14-20/h3-4,7-12,19H,2,5-6,13-14H2,1H3. The summed E-state index contributed by atoms with van der Waals surface area (Å²) >= 11 is 1.59. The highest BCUT2D eigenvalue weighted by atomic mass is 32.2. The van der Waals surface area contributed by atoms with E-state index in [0.29, 0.717) is 5.69 Å². The van der Waals surface area contributed by atoms with Gasteiger partial charge in [-0.25, -0.2) is 8.42 Å². The molecule has 0 saturated carbocycles. The molecule has 6 heteroatoms. The number of hydrogen-bond acceptors (Lipinski definition) is 4. The number of anilines is 2. The number of hydrogen-bond donors (Lipinski definition) is 1. The summed E-state index contributed by atoms with van der Waals surface area (Å²) in [5.41, 5.74) is 1.61. The predicted molar refractivity (Wildman–Crippen MR) is 102 cm³/mol. The van der Waals surface area contributed by atoms with Crippen LogP contribution in [-0.4, -0.2) is 27.8 Å². The van der Waals surface area contributed by atoms with Crippen molar-refractivity contribution in [1.82, 2.24) is 0 Å². The molecular weight excluding hydrogens is 340 g/mol. The van der Waals surface area contributed by atoms with Gasteiger partial charge >= 0.3 is 0 Å². The second kappa shape index (κ2) is 7.49. The zero-order valence-corrected chi connectivity index (χ0v) is 15.4. The third-order valence-corrected chi connectivity index (χ3v) is 6.34. The van der Waals surface area contributed by atoms with Crippen molar-refractivity contribution >= 4 is 33.2 Å². The molecule has 1 fully saturated rings. The summed E-state index contributed by atoms with van der Waals surface area (Å²) in [6.45, 7) is 1.95. The van der Waals surface area contributed by atoms with Crippen molar-refractivity contribution in [2.24, 2.45) is 0 Å². The van der Waals surface area contributed by atoms with Gasteiger partial charge in [-0.3, -0.25) is 4.72 Å². The second-order valence-corrected chi connectivity index (χ2v) is 8.41. The van der Waals surface area contributed by atoms with E-state index in [9.17, 15) is 8.42 Å². The largest absolute Gasteiger partial charge is 0.370 e. The topological polar surface area (TPSA) is 49.4 Å². The molecule has 0 radical (unpaired) electrons. The molecule has 0 bridgehead atoms. The van der Waals surface area contributed by atoms with Crippen LogP contribution < -0.4 is 9.62 Å². The molecule has 4 nitrogen and oxygen atoms in total. The van der Waals surface area contributed by atoms with Crippen LogP contribution >= 0.6 is 11.8 Å². The van der Waals surface area contributed by atoms with E-state index in [4.69, 9.17) is 0 Å². The highest BCUT2D eigenvalue weighted by Gasteiger charge is 2.19. The number of para-hydroxylation sites is 2. The molecule has 1 saturated heterocycles. The SMILES string of the molecule is CSc1ccc(S(=O)(=O)Nc2ccccc2N2CCCCC2)cc1. The lowest BCUT2D eigenvalue weighted by atomic mass is 10.1. The zero-order chi connectivity index (χ0) is 17.0. The van der Waals surface area contributed by atoms with Crippen LogP contribution in [0.3, 0.4) is 0 Å². The van der Waals surface area contributed by atoms with E-state index >= 15 is 0 Å². The number of rotatable bonds is 5. The van der Waals surface area contributed by atoms with Crippen molar-refractivity contribution in [3.05, 3.63) is 48.5 Å². The zero-order valence-electron chi connectivity index (χ0n) is 13.7. The Morgan fingerprint density at radius 1 is 0.958 bits per heavy atom. The van der Waals surface area contributed by atoms with Crippen LogP contribution in [0.5, 0.6) is 0 Å². The molecular formula is C18H22N2O2S2. The first-order chi connectivity index (χ1) is 11.6. The minimum absolute atomic E-state index is 0.286. The monoisotopic (exact) mass is 362 g/mol. The third kappa shape index (κ3) is 3.87. The smallest absolute Gasteiger partial charge is 0.261 e. The molecule has 0 atom stereocenters. The molecule has 2 aromatic rings. The summed E-state index contributed by atoms with van der Waals surface area (Å²) < 4.78 is 28.2. The van der Waals surface area contributed by atoms with Gasteiger partial charge in [-0.15, -0.1) is 11.8 Å². The van der Waals surface area contributed by atoms with Gasteiger partial charge in [-0.1, -0.05) is 12.1 Å². The molecule has 0 aromatic heterocycles. The molecule has 0 unspecified atom stereocenters. The Balaban J connectivity index is 1.86. The van der Waals surface area contributed by atoms with Crippen molar-refractivity contribution < 1.29 is 8.42 Å². The van der Waals surface area contributed by atoms with Gasteiger partial charge in [-0.05, 0) is 61.9 Å². The normalized spacial score (nSPS) is 15.3. The summed E-state index contributed by atoms with van der Waals surface area (Å²) in [7, 11) is -3.59. The first-order valence-corrected chi connectivity index (χ1v) is 10.8. The highest BCUT2D eigenvalue weighted by molar-refractivity contribution is 7.98. The number of sulfonamides is 1. The van der Waals surface area contributed by atoms with Crippen molar-refractivity contribution in [2.75, 3.05) is 29.0 Å². The average molecular weight is 363 g/mol. The van der Waals surface area contributed by atoms with Crippen LogP contribution in [0, 0.1) is 0 Å². The van der Waals surface area contributed by atoms with Gasteiger partial charge in [0.1, 0.15) is 0 Å². The lowest BCUT2D eigenvalue weighted by Gasteiger charge is -2.30. The lowest BCUT2D eigenvalue weighted by molar-refractivity contribution is 0.578. The molecule has 24 heavy (non-hydrogen) atoms.